The first-order chi connectivity index (χ1) is 16.0. The largest absolute Gasteiger partial charge is 0.494 e. The molecular formula is C23H25N5O4S. The Labute approximate surface area is 195 Å². The van der Waals surface area contributed by atoms with E-state index in [1.807, 2.05) is 17.7 Å². The van der Waals surface area contributed by atoms with Crippen LogP contribution in [0.3, 0.4) is 0 Å². The predicted molar refractivity (Wildman–Crippen MR) is 126 cm³/mol. The van der Waals surface area contributed by atoms with Gasteiger partial charge in [0.05, 0.1) is 31.3 Å². The molecule has 4 rings (SSSR count). The average molecular weight is 468 g/mol. The molecule has 0 bridgehead atoms. The molecule has 9 nitrogen and oxygen atoms in total. The summed E-state index contributed by atoms with van der Waals surface area (Å²) < 4.78 is 12.8. The second kappa shape index (κ2) is 9.95. The van der Waals surface area contributed by atoms with Crippen molar-refractivity contribution >= 4 is 35.0 Å². The van der Waals surface area contributed by atoms with Gasteiger partial charge in [-0.1, -0.05) is 30.0 Å². The molecule has 1 aliphatic carbocycles. The van der Waals surface area contributed by atoms with Gasteiger partial charge in [0.1, 0.15) is 17.3 Å². The molecule has 172 valence electrons. The lowest BCUT2D eigenvalue weighted by Crippen LogP contribution is -2.16. The predicted octanol–water partition coefficient (Wildman–Crippen LogP) is 3.69. The van der Waals surface area contributed by atoms with Gasteiger partial charge in [0, 0.05) is 30.7 Å². The van der Waals surface area contributed by atoms with E-state index in [9.17, 15) is 9.59 Å². The average Bonchev–Trinajstić information content (AvgIpc) is 3.61. The molecule has 1 aromatic heterocycles. The van der Waals surface area contributed by atoms with Gasteiger partial charge in [-0.15, -0.1) is 10.2 Å². The van der Waals surface area contributed by atoms with Crippen LogP contribution < -0.4 is 20.1 Å². The van der Waals surface area contributed by atoms with Crippen molar-refractivity contribution in [3.05, 3.63) is 53.9 Å². The van der Waals surface area contributed by atoms with E-state index in [1.165, 1.54) is 26.0 Å². The molecule has 0 atom stereocenters. The summed E-state index contributed by atoms with van der Waals surface area (Å²) in [6, 6.07) is 12.1. The van der Waals surface area contributed by atoms with Crippen molar-refractivity contribution in [3.8, 4) is 11.5 Å². The highest BCUT2D eigenvalue weighted by Crippen LogP contribution is 2.40. The summed E-state index contributed by atoms with van der Waals surface area (Å²) in [5, 5.41) is 14.8. The summed E-state index contributed by atoms with van der Waals surface area (Å²) >= 11 is 1.32. The van der Waals surface area contributed by atoms with Gasteiger partial charge in [-0.3, -0.25) is 9.59 Å². The molecule has 0 spiro atoms. The number of anilines is 2. The summed E-state index contributed by atoms with van der Waals surface area (Å²) in [5.41, 5.74) is 1.39. The summed E-state index contributed by atoms with van der Waals surface area (Å²) in [6.45, 7) is 0. The molecule has 1 saturated carbocycles. The number of methoxy groups -OCH3 is 2. The zero-order valence-electron chi connectivity index (χ0n) is 18.6. The fraction of sp³-hybridized carbons (Fsp3) is 0.304. The first kappa shape index (κ1) is 22.7. The number of rotatable bonds is 9. The van der Waals surface area contributed by atoms with Crippen LogP contribution in [-0.2, 0) is 11.8 Å². The highest BCUT2D eigenvalue weighted by atomic mass is 32.2. The Bertz CT molecular complexity index is 1160. The molecule has 1 aliphatic rings. The van der Waals surface area contributed by atoms with Crippen molar-refractivity contribution in [2.45, 2.75) is 23.9 Å². The maximum atomic E-state index is 12.6. The van der Waals surface area contributed by atoms with Crippen LogP contribution in [0.2, 0.25) is 0 Å². The lowest BCUT2D eigenvalue weighted by Gasteiger charge is -2.16. The fourth-order valence-electron chi connectivity index (χ4n) is 3.34. The molecule has 2 aromatic carbocycles. The Hall–Kier alpha value is -3.53. The van der Waals surface area contributed by atoms with Crippen LogP contribution in [0.25, 0.3) is 0 Å². The smallest absolute Gasteiger partial charge is 0.255 e. The second-order valence-corrected chi connectivity index (χ2v) is 8.53. The van der Waals surface area contributed by atoms with E-state index in [1.54, 1.807) is 36.4 Å². The minimum atomic E-state index is -0.279. The molecule has 33 heavy (non-hydrogen) atoms. The SMILES string of the molecule is COc1cc(NC(=O)c2ccccc2)c(OC)cc1NC(=O)CSc1nnc(C2CC2)n1C. The maximum absolute atomic E-state index is 12.6. The molecule has 0 unspecified atom stereocenters. The summed E-state index contributed by atoms with van der Waals surface area (Å²) in [6.07, 6.45) is 2.28. The molecule has 0 aliphatic heterocycles. The van der Waals surface area contributed by atoms with Crippen LogP contribution in [0.5, 0.6) is 11.5 Å². The van der Waals surface area contributed by atoms with Gasteiger partial charge in [0.15, 0.2) is 5.16 Å². The van der Waals surface area contributed by atoms with Crippen molar-refractivity contribution in [3.63, 3.8) is 0 Å². The Kier molecular flexibility index (Phi) is 6.83. The Morgan fingerprint density at radius 2 is 1.67 bits per heavy atom. The molecule has 3 aromatic rings. The van der Waals surface area contributed by atoms with Gasteiger partial charge >= 0.3 is 0 Å². The number of nitrogens with one attached hydrogen (secondary N) is 2. The van der Waals surface area contributed by atoms with Gasteiger partial charge in [-0.2, -0.15) is 0 Å². The molecule has 0 radical (unpaired) electrons. The molecule has 1 heterocycles. The first-order valence-corrected chi connectivity index (χ1v) is 11.4. The number of hydrogen-bond donors (Lipinski definition) is 2. The zero-order valence-corrected chi connectivity index (χ0v) is 19.4. The van der Waals surface area contributed by atoms with E-state index in [2.05, 4.69) is 20.8 Å². The first-order valence-electron chi connectivity index (χ1n) is 10.4. The van der Waals surface area contributed by atoms with Crippen LogP contribution in [0.4, 0.5) is 11.4 Å². The van der Waals surface area contributed by atoms with Crippen molar-refractivity contribution in [1.82, 2.24) is 14.8 Å². The molecule has 0 saturated heterocycles. The minimum Gasteiger partial charge on any atom is -0.494 e. The highest BCUT2D eigenvalue weighted by molar-refractivity contribution is 7.99. The standard InChI is InChI=1S/C23H25N5O4S/c1-28-21(14-9-10-14)26-27-23(28)33-13-20(29)24-16-11-19(32-3)17(12-18(16)31-2)25-22(30)15-7-5-4-6-8-15/h4-8,11-12,14H,9-10,13H2,1-3H3,(H,24,29)(H,25,30). The summed E-state index contributed by atoms with van der Waals surface area (Å²) in [7, 11) is 4.91. The van der Waals surface area contributed by atoms with E-state index in [0.29, 0.717) is 39.5 Å². The van der Waals surface area contributed by atoms with Gasteiger partial charge in [0.25, 0.3) is 5.91 Å². The van der Waals surface area contributed by atoms with Gasteiger partial charge in [-0.25, -0.2) is 0 Å². The second-order valence-electron chi connectivity index (χ2n) is 7.58. The van der Waals surface area contributed by atoms with E-state index in [0.717, 1.165) is 18.7 Å². The third-order valence-corrected chi connectivity index (χ3v) is 6.24. The van der Waals surface area contributed by atoms with Gasteiger partial charge in [0.2, 0.25) is 5.91 Å². The summed E-state index contributed by atoms with van der Waals surface area (Å²) in [5.74, 6) is 1.91. The number of ether oxygens (including phenoxy) is 2. The maximum Gasteiger partial charge on any atom is 0.255 e. The van der Waals surface area contributed by atoms with E-state index in [4.69, 9.17) is 9.47 Å². The Morgan fingerprint density at radius 3 is 2.27 bits per heavy atom. The monoisotopic (exact) mass is 467 g/mol. The van der Waals surface area contributed by atoms with Crippen molar-refractivity contribution in [2.75, 3.05) is 30.6 Å². The molecule has 2 amide bonds. The van der Waals surface area contributed by atoms with Crippen molar-refractivity contribution in [1.29, 1.82) is 0 Å². The Balaban J connectivity index is 1.44. The molecule has 1 fully saturated rings. The van der Waals surface area contributed by atoms with Gasteiger partial charge < -0.3 is 24.7 Å². The van der Waals surface area contributed by atoms with E-state index < -0.39 is 0 Å². The number of benzene rings is 2. The van der Waals surface area contributed by atoms with Crippen LogP contribution in [-0.4, -0.2) is 46.6 Å². The number of hydrogen-bond acceptors (Lipinski definition) is 7. The number of thioether (sulfide) groups is 1. The van der Waals surface area contributed by atoms with Crippen LogP contribution in [0.15, 0.2) is 47.6 Å². The van der Waals surface area contributed by atoms with Crippen molar-refractivity contribution < 1.29 is 19.1 Å². The Morgan fingerprint density at radius 1 is 1.03 bits per heavy atom. The number of carbonyl (C=O) groups excluding carboxylic acids is 2. The number of carbonyl (C=O) groups is 2. The number of amides is 2. The normalized spacial score (nSPS) is 12.8. The van der Waals surface area contributed by atoms with Gasteiger partial charge in [-0.05, 0) is 25.0 Å². The highest BCUT2D eigenvalue weighted by Gasteiger charge is 2.29. The molecular weight excluding hydrogens is 442 g/mol. The van der Waals surface area contributed by atoms with Crippen LogP contribution in [0, 0.1) is 0 Å². The lowest BCUT2D eigenvalue weighted by molar-refractivity contribution is -0.113. The number of aromatic nitrogens is 3. The summed E-state index contributed by atoms with van der Waals surface area (Å²) in [4.78, 5) is 25.2. The van der Waals surface area contributed by atoms with Crippen LogP contribution >= 0.6 is 11.8 Å². The quantitative estimate of drug-likeness (QED) is 0.462. The lowest BCUT2D eigenvalue weighted by atomic mass is 10.2. The van der Waals surface area contributed by atoms with E-state index >= 15 is 0 Å². The topological polar surface area (TPSA) is 107 Å². The van der Waals surface area contributed by atoms with Crippen LogP contribution in [0.1, 0.15) is 34.9 Å². The number of nitrogens with zero attached hydrogens (tertiary/aromatic N) is 3. The van der Waals surface area contributed by atoms with E-state index in [-0.39, 0.29) is 17.6 Å². The molecule has 2 N–H and O–H groups in total. The zero-order chi connectivity index (χ0) is 23.4. The third-order valence-electron chi connectivity index (χ3n) is 5.22. The minimum absolute atomic E-state index is 0.161. The molecule has 10 heteroatoms. The third kappa shape index (κ3) is 5.28. The van der Waals surface area contributed by atoms with Crippen molar-refractivity contribution in [2.24, 2.45) is 7.05 Å². The fourth-order valence-corrected chi connectivity index (χ4v) is 4.06.